The molecular weight excluding hydrogens is 314 g/mol. The maximum absolute atomic E-state index is 11.9. The third kappa shape index (κ3) is 4.56. The quantitative estimate of drug-likeness (QED) is 0.913. The van der Waals surface area contributed by atoms with Crippen LogP contribution in [0.2, 0.25) is 0 Å². The molecule has 0 atom stereocenters. The molecule has 0 aliphatic carbocycles. The lowest BCUT2D eigenvalue weighted by Gasteiger charge is -2.11. The smallest absolute Gasteiger partial charge is 0.262 e. The zero-order chi connectivity index (χ0) is 17.0. The predicted molar refractivity (Wildman–Crippen MR) is 89.6 cm³/mol. The fourth-order valence-electron chi connectivity index (χ4n) is 2.01. The van der Waals surface area contributed by atoms with E-state index in [2.05, 4.69) is 5.32 Å². The number of carbonyl (C=O) groups excluding carboxylic acids is 1. The number of nitrogens with one attached hydrogen (secondary N) is 1. The molecule has 2 aromatic carbocycles. The molecule has 0 aromatic heterocycles. The van der Waals surface area contributed by atoms with Gasteiger partial charge in [0.15, 0.2) is 16.4 Å². The third-order valence-corrected chi connectivity index (χ3v) is 4.61. The van der Waals surface area contributed by atoms with Crippen LogP contribution in [0.1, 0.15) is 11.1 Å². The van der Waals surface area contributed by atoms with E-state index < -0.39 is 9.84 Å². The minimum Gasteiger partial charge on any atom is -0.483 e. The second kappa shape index (κ2) is 6.83. The summed E-state index contributed by atoms with van der Waals surface area (Å²) in [6, 6.07) is 11.7. The van der Waals surface area contributed by atoms with Gasteiger partial charge in [0.2, 0.25) is 0 Å². The van der Waals surface area contributed by atoms with Crippen LogP contribution in [0.4, 0.5) is 5.69 Å². The molecule has 1 amide bonds. The Balaban J connectivity index is 1.96. The Bertz CT molecular complexity index is 811. The van der Waals surface area contributed by atoms with Gasteiger partial charge in [0.25, 0.3) is 5.91 Å². The zero-order valence-electron chi connectivity index (χ0n) is 13.3. The van der Waals surface area contributed by atoms with Gasteiger partial charge in [0.05, 0.1) is 4.90 Å². The van der Waals surface area contributed by atoms with E-state index >= 15 is 0 Å². The largest absolute Gasteiger partial charge is 0.483 e. The SMILES string of the molecule is Cc1cccc(OCC(=O)Nc2ccc(S(C)(=O)=O)cc2)c1C. The summed E-state index contributed by atoms with van der Waals surface area (Å²) in [5.74, 6) is 0.366. The molecule has 0 aliphatic heterocycles. The van der Waals surface area contributed by atoms with Crippen molar-refractivity contribution in [1.82, 2.24) is 0 Å². The first kappa shape index (κ1) is 17.0. The summed E-state index contributed by atoms with van der Waals surface area (Å²) < 4.78 is 28.3. The second-order valence-corrected chi connectivity index (χ2v) is 7.35. The van der Waals surface area contributed by atoms with Crippen LogP contribution in [0.5, 0.6) is 5.75 Å². The molecule has 0 radical (unpaired) electrons. The normalized spacial score (nSPS) is 11.1. The van der Waals surface area contributed by atoms with E-state index in [1.54, 1.807) is 12.1 Å². The van der Waals surface area contributed by atoms with E-state index in [1.807, 2.05) is 32.0 Å². The molecule has 2 rings (SSSR count). The molecule has 0 spiro atoms. The number of aryl methyl sites for hydroxylation is 1. The van der Waals surface area contributed by atoms with Crippen LogP contribution in [-0.4, -0.2) is 27.2 Å². The first-order valence-corrected chi connectivity index (χ1v) is 8.95. The Morgan fingerprint density at radius 2 is 1.74 bits per heavy atom. The summed E-state index contributed by atoms with van der Waals surface area (Å²) >= 11 is 0. The van der Waals surface area contributed by atoms with Crippen molar-refractivity contribution in [2.24, 2.45) is 0 Å². The molecule has 0 unspecified atom stereocenters. The van der Waals surface area contributed by atoms with Gasteiger partial charge in [0, 0.05) is 11.9 Å². The first-order chi connectivity index (χ1) is 10.8. The van der Waals surface area contributed by atoms with E-state index in [0.717, 1.165) is 17.4 Å². The number of sulfone groups is 1. The summed E-state index contributed by atoms with van der Waals surface area (Å²) in [6.45, 7) is 3.80. The van der Waals surface area contributed by atoms with Crippen molar-refractivity contribution in [3.8, 4) is 5.75 Å². The summed E-state index contributed by atoms with van der Waals surface area (Å²) in [5, 5.41) is 2.67. The highest BCUT2D eigenvalue weighted by molar-refractivity contribution is 7.90. The lowest BCUT2D eigenvalue weighted by Crippen LogP contribution is -2.20. The van der Waals surface area contributed by atoms with Gasteiger partial charge in [-0.3, -0.25) is 4.79 Å². The molecule has 23 heavy (non-hydrogen) atoms. The number of ether oxygens (including phenoxy) is 1. The van der Waals surface area contributed by atoms with Crippen LogP contribution in [0.15, 0.2) is 47.4 Å². The molecule has 1 N–H and O–H groups in total. The molecule has 0 fully saturated rings. The van der Waals surface area contributed by atoms with Crippen LogP contribution in [0.25, 0.3) is 0 Å². The maximum atomic E-state index is 11.9. The van der Waals surface area contributed by atoms with Crippen molar-refractivity contribution in [2.45, 2.75) is 18.7 Å². The molecule has 0 saturated carbocycles. The van der Waals surface area contributed by atoms with E-state index in [-0.39, 0.29) is 17.4 Å². The van der Waals surface area contributed by atoms with Crippen LogP contribution in [0.3, 0.4) is 0 Å². The molecule has 6 heteroatoms. The van der Waals surface area contributed by atoms with Crippen molar-refractivity contribution in [2.75, 3.05) is 18.2 Å². The Kier molecular flexibility index (Phi) is 5.05. The molecule has 5 nitrogen and oxygen atoms in total. The van der Waals surface area contributed by atoms with Gasteiger partial charge in [-0.1, -0.05) is 12.1 Å². The van der Waals surface area contributed by atoms with E-state index in [1.165, 1.54) is 12.1 Å². The molecule has 0 heterocycles. The van der Waals surface area contributed by atoms with Gasteiger partial charge in [-0.2, -0.15) is 0 Å². The monoisotopic (exact) mass is 333 g/mol. The van der Waals surface area contributed by atoms with Gasteiger partial charge >= 0.3 is 0 Å². The van der Waals surface area contributed by atoms with Gasteiger partial charge in [-0.15, -0.1) is 0 Å². The van der Waals surface area contributed by atoms with E-state index in [9.17, 15) is 13.2 Å². The van der Waals surface area contributed by atoms with E-state index in [4.69, 9.17) is 4.74 Å². The number of anilines is 1. The number of benzene rings is 2. The topological polar surface area (TPSA) is 72.5 Å². The van der Waals surface area contributed by atoms with Gasteiger partial charge < -0.3 is 10.1 Å². The lowest BCUT2D eigenvalue weighted by atomic mass is 10.1. The summed E-state index contributed by atoms with van der Waals surface area (Å²) in [4.78, 5) is 12.1. The van der Waals surface area contributed by atoms with Crippen molar-refractivity contribution in [1.29, 1.82) is 0 Å². The number of carbonyl (C=O) groups is 1. The summed E-state index contributed by atoms with van der Waals surface area (Å²) in [7, 11) is -3.24. The third-order valence-electron chi connectivity index (χ3n) is 3.48. The van der Waals surface area contributed by atoms with Crippen molar-refractivity contribution in [3.63, 3.8) is 0 Å². The lowest BCUT2D eigenvalue weighted by molar-refractivity contribution is -0.118. The number of rotatable bonds is 5. The summed E-state index contributed by atoms with van der Waals surface area (Å²) in [6.07, 6.45) is 1.14. The molecule has 2 aromatic rings. The van der Waals surface area contributed by atoms with Crippen molar-refractivity contribution >= 4 is 21.4 Å². The van der Waals surface area contributed by atoms with Crippen molar-refractivity contribution in [3.05, 3.63) is 53.6 Å². The van der Waals surface area contributed by atoms with Crippen molar-refractivity contribution < 1.29 is 17.9 Å². The van der Waals surface area contributed by atoms with Gasteiger partial charge in [-0.25, -0.2) is 8.42 Å². The maximum Gasteiger partial charge on any atom is 0.262 e. The second-order valence-electron chi connectivity index (χ2n) is 5.33. The molecule has 0 aliphatic rings. The average molecular weight is 333 g/mol. The molecule has 0 bridgehead atoms. The minimum atomic E-state index is -3.24. The van der Waals surface area contributed by atoms with Crippen LogP contribution in [0, 0.1) is 13.8 Å². The number of hydrogen-bond acceptors (Lipinski definition) is 4. The molecule has 0 saturated heterocycles. The standard InChI is InChI=1S/C17H19NO4S/c1-12-5-4-6-16(13(12)2)22-11-17(19)18-14-7-9-15(10-8-14)23(3,20)21/h4-10H,11H2,1-3H3,(H,18,19). The van der Waals surface area contributed by atoms with Crippen LogP contribution in [-0.2, 0) is 14.6 Å². The Labute approximate surface area is 136 Å². The minimum absolute atomic E-state index is 0.113. The highest BCUT2D eigenvalue weighted by Gasteiger charge is 2.09. The van der Waals surface area contributed by atoms with Crippen LogP contribution < -0.4 is 10.1 Å². The zero-order valence-corrected chi connectivity index (χ0v) is 14.1. The molecular formula is C17H19NO4S. The molecule has 122 valence electrons. The summed E-state index contributed by atoms with van der Waals surface area (Å²) in [5.41, 5.74) is 2.61. The van der Waals surface area contributed by atoms with Gasteiger partial charge in [-0.05, 0) is 55.3 Å². The van der Waals surface area contributed by atoms with Crippen LogP contribution >= 0.6 is 0 Å². The first-order valence-electron chi connectivity index (χ1n) is 7.06. The fraction of sp³-hybridized carbons (Fsp3) is 0.235. The Hall–Kier alpha value is -2.34. The highest BCUT2D eigenvalue weighted by atomic mass is 32.2. The number of amides is 1. The number of hydrogen-bond donors (Lipinski definition) is 1. The van der Waals surface area contributed by atoms with Gasteiger partial charge in [0.1, 0.15) is 5.75 Å². The highest BCUT2D eigenvalue weighted by Crippen LogP contribution is 2.20. The Morgan fingerprint density at radius 1 is 1.09 bits per heavy atom. The Morgan fingerprint density at radius 3 is 2.35 bits per heavy atom. The van der Waals surface area contributed by atoms with E-state index in [0.29, 0.717) is 11.4 Å². The average Bonchev–Trinajstić information content (AvgIpc) is 2.48. The fourth-order valence-corrected chi connectivity index (χ4v) is 2.64. The predicted octanol–water partition coefficient (Wildman–Crippen LogP) is 2.72.